The summed E-state index contributed by atoms with van der Waals surface area (Å²) in [6.07, 6.45) is 0.775. The molecule has 17 heavy (non-hydrogen) atoms. The largest absolute Gasteiger partial charge is 0.298 e. The topological polar surface area (TPSA) is 20.3 Å². The van der Waals surface area contributed by atoms with Gasteiger partial charge in [-0.1, -0.05) is 24.6 Å². The van der Waals surface area contributed by atoms with Crippen LogP contribution in [0.2, 0.25) is 5.02 Å². The molecule has 0 atom stereocenters. The number of carbonyl (C=O) groups is 1. The van der Waals surface area contributed by atoms with Crippen LogP contribution in [0, 0.1) is 13.8 Å². The Balaban J connectivity index is 3.50. The monoisotopic (exact) mass is 273 g/mol. The van der Waals surface area contributed by atoms with Crippen LogP contribution >= 0.6 is 23.2 Å². The maximum atomic E-state index is 11.6. The van der Waals surface area contributed by atoms with Crippen LogP contribution in [-0.4, -0.2) is 11.9 Å². The van der Waals surface area contributed by atoms with E-state index in [4.69, 9.17) is 23.2 Å². The summed E-state index contributed by atoms with van der Waals surface area (Å²) in [7, 11) is 0. The lowest BCUT2D eigenvalue weighted by Gasteiger charge is -2.25. The van der Waals surface area contributed by atoms with Crippen LogP contribution in [0.25, 0.3) is 0 Å². The van der Waals surface area contributed by atoms with Crippen LogP contribution < -0.4 is 4.90 Å². The van der Waals surface area contributed by atoms with Crippen LogP contribution in [0.3, 0.4) is 0 Å². The van der Waals surface area contributed by atoms with Crippen molar-refractivity contribution in [2.75, 3.05) is 10.9 Å². The van der Waals surface area contributed by atoms with Crippen LogP contribution in [0.1, 0.15) is 30.5 Å². The maximum absolute atomic E-state index is 11.6. The standard InChI is InChI=1S/C13H17Cl2NO/c1-5-11-12(15)8(2)6-9(3)13(11)16(7-14)10(4)17/h6H,5,7H2,1-4H3. The lowest BCUT2D eigenvalue weighted by molar-refractivity contribution is -0.116. The SMILES string of the molecule is CCc1c(Cl)c(C)cc(C)c1N(CCl)C(C)=O. The van der Waals surface area contributed by atoms with Gasteiger partial charge in [-0.05, 0) is 37.0 Å². The summed E-state index contributed by atoms with van der Waals surface area (Å²) >= 11 is 12.1. The Morgan fingerprint density at radius 2 is 1.94 bits per heavy atom. The van der Waals surface area contributed by atoms with E-state index in [9.17, 15) is 4.79 Å². The van der Waals surface area contributed by atoms with Gasteiger partial charge in [0.15, 0.2) is 0 Å². The zero-order valence-corrected chi connectivity index (χ0v) is 12.1. The number of anilines is 1. The van der Waals surface area contributed by atoms with Gasteiger partial charge < -0.3 is 0 Å². The van der Waals surface area contributed by atoms with E-state index in [1.54, 1.807) is 4.90 Å². The van der Waals surface area contributed by atoms with Crippen LogP contribution in [0.4, 0.5) is 5.69 Å². The molecule has 4 heteroatoms. The molecule has 1 amide bonds. The number of nitrogens with zero attached hydrogens (tertiary/aromatic N) is 1. The molecule has 0 aromatic heterocycles. The summed E-state index contributed by atoms with van der Waals surface area (Å²) < 4.78 is 0. The van der Waals surface area contributed by atoms with Crippen molar-refractivity contribution in [1.29, 1.82) is 0 Å². The van der Waals surface area contributed by atoms with Crippen molar-refractivity contribution >= 4 is 34.8 Å². The third-order valence-electron chi connectivity index (χ3n) is 2.83. The molecule has 0 saturated heterocycles. The summed E-state index contributed by atoms with van der Waals surface area (Å²) in [6.45, 7) is 7.47. The molecular formula is C13H17Cl2NO. The third-order valence-corrected chi connectivity index (χ3v) is 3.59. The minimum Gasteiger partial charge on any atom is -0.298 e. The molecule has 1 rings (SSSR count). The van der Waals surface area contributed by atoms with Gasteiger partial charge in [0.2, 0.25) is 5.91 Å². The van der Waals surface area contributed by atoms with E-state index in [1.165, 1.54) is 6.92 Å². The third kappa shape index (κ3) is 2.75. The molecule has 0 aliphatic carbocycles. The van der Waals surface area contributed by atoms with Gasteiger partial charge in [-0.3, -0.25) is 9.69 Å². The Morgan fingerprint density at radius 3 is 2.35 bits per heavy atom. The Labute approximate surface area is 113 Å². The van der Waals surface area contributed by atoms with Crippen molar-refractivity contribution in [3.05, 3.63) is 27.8 Å². The van der Waals surface area contributed by atoms with E-state index in [0.717, 1.165) is 33.8 Å². The minimum absolute atomic E-state index is 0.0716. The highest BCUT2D eigenvalue weighted by atomic mass is 35.5. The van der Waals surface area contributed by atoms with Gasteiger partial charge in [-0.2, -0.15) is 0 Å². The second-order valence-corrected chi connectivity index (χ2v) is 4.69. The first-order valence-corrected chi connectivity index (χ1v) is 6.47. The van der Waals surface area contributed by atoms with E-state index in [1.807, 2.05) is 26.8 Å². The molecule has 0 aliphatic heterocycles. The summed E-state index contributed by atoms with van der Waals surface area (Å²) in [4.78, 5) is 13.1. The predicted octanol–water partition coefficient (Wildman–Crippen LogP) is 4.07. The fourth-order valence-electron chi connectivity index (χ4n) is 2.04. The molecule has 0 bridgehead atoms. The Bertz CT molecular complexity index is 444. The second kappa shape index (κ2) is 5.74. The van der Waals surface area contributed by atoms with Crippen molar-refractivity contribution in [1.82, 2.24) is 0 Å². The van der Waals surface area contributed by atoms with Crippen molar-refractivity contribution in [3.63, 3.8) is 0 Å². The molecule has 1 aromatic rings. The molecule has 94 valence electrons. The Morgan fingerprint density at radius 1 is 1.35 bits per heavy atom. The summed E-state index contributed by atoms with van der Waals surface area (Å²) in [5.74, 6) is -0.0716. The lowest BCUT2D eigenvalue weighted by Crippen LogP contribution is -2.28. The maximum Gasteiger partial charge on any atom is 0.224 e. The van der Waals surface area contributed by atoms with Gasteiger partial charge in [0.05, 0.1) is 5.69 Å². The average Bonchev–Trinajstić information content (AvgIpc) is 2.26. The van der Waals surface area contributed by atoms with Gasteiger partial charge in [0, 0.05) is 11.9 Å². The van der Waals surface area contributed by atoms with E-state index >= 15 is 0 Å². The summed E-state index contributed by atoms with van der Waals surface area (Å²) in [5.41, 5.74) is 3.90. The lowest BCUT2D eigenvalue weighted by atomic mass is 10.0. The highest BCUT2D eigenvalue weighted by Crippen LogP contribution is 2.34. The number of benzene rings is 1. The van der Waals surface area contributed by atoms with Gasteiger partial charge in [-0.25, -0.2) is 0 Å². The van der Waals surface area contributed by atoms with Gasteiger partial charge in [0.1, 0.15) is 6.00 Å². The van der Waals surface area contributed by atoms with Crippen LogP contribution in [0.5, 0.6) is 0 Å². The molecule has 0 radical (unpaired) electrons. The van der Waals surface area contributed by atoms with E-state index in [2.05, 4.69) is 0 Å². The normalized spacial score (nSPS) is 10.5. The number of hydrogen-bond donors (Lipinski definition) is 0. The van der Waals surface area contributed by atoms with E-state index in [0.29, 0.717) is 0 Å². The van der Waals surface area contributed by atoms with Crippen molar-refractivity contribution in [2.45, 2.75) is 34.1 Å². The summed E-state index contributed by atoms with van der Waals surface area (Å²) in [6, 6.07) is 2.13. The molecule has 0 saturated carbocycles. The van der Waals surface area contributed by atoms with Crippen molar-refractivity contribution in [3.8, 4) is 0 Å². The number of aryl methyl sites for hydroxylation is 2. The molecule has 0 aliphatic rings. The molecule has 0 spiro atoms. The van der Waals surface area contributed by atoms with Crippen LogP contribution in [0.15, 0.2) is 6.07 Å². The molecule has 0 unspecified atom stereocenters. The first kappa shape index (κ1) is 14.3. The van der Waals surface area contributed by atoms with Gasteiger partial charge in [0.25, 0.3) is 0 Å². The zero-order chi connectivity index (χ0) is 13.2. The molecule has 0 fully saturated rings. The highest BCUT2D eigenvalue weighted by molar-refractivity contribution is 6.32. The van der Waals surface area contributed by atoms with Crippen molar-refractivity contribution in [2.24, 2.45) is 0 Å². The van der Waals surface area contributed by atoms with Crippen LogP contribution in [-0.2, 0) is 11.2 Å². The number of alkyl halides is 1. The Kier molecular flexibility index (Phi) is 4.84. The first-order valence-electron chi connectivity index (χ1n) is 5.56. The number of rotatable bonds is 3. The predicted molar refractivity (Wildman–Crippen MR) is 74.2 cm³/mol. The number of hydrogen-bond acceptors (Lipinski definition) is 1. The molecule has 2 nitrogen and oxygen atoms in total. The van der Waals surface area contributed by atoms with E-state index in [-0.39, 0.29) is 11.9 Å². The minimum atomic E-state index is -0.0716. The zero-order valence-electron chi connectivity index (χ0n) is 10.6. The smallest absolute Gasteiger partial charge is 0.224 e. The molecule has 1 aromatic carbocycles. The van der Waals surface area contributed by atoms with E-state index < -0.39 is 0 Å². The Hall–Kier alpha value is -0.730. The number of amides is 1. The average molecular weight is 274 g/mol. The van der Waals surface area contributed by atoms with Crippen molar-refractivity contribution < 1.29 is 4.79 Å². The molecule has 0 heterocycles. The number of halogens is 2. The first-order chi connectivity index (χ1) is 7.93. The molecule has 0 N–H and O–H groups in total. The fourth-order valence-corrected chi connectivity index (χ4v) is 2.60. The fraction of sp³-hybridized carbons (Fsp3) is 0.462. The highest BCUT2D eigenvalue weighted by Gasteiger charge is 2.19. The second-order valence-electron chi connectivity index (χ2n) is 4.07. The number of carbonyl (C=O) groups excluding carboxylic acids is 1. The summed E-state index contributed by atoms with van der Waals surface area (Å²) in [5, 5.41) is 0.726. The van der Waals surface area contributed by atoms with Gasteiger partial charge >= 0.3 is 0 Å². The molecular weight excluding hydrogens is 257 g/mol. The van der Waals surface area contributed by atoms with Gasteiger partial charge in [-0.15, -0.1) is 11.6 Å². The quantitative estimate of drug-likeness (QED) is 0.601.